The van der Waals surface area contributed by atoms with Crippen molar-refractivity contribution in [3.05, 3.63) is 80.3 Å². The number of hydrogen-bond donors (Lipinski definition) is 0. The second-order valence-electron chi connectivity index (χ2n) is 5.47. The second kappa shape index (κ2) is 7.19. The number of halogens is 2. The number of carbonyl (C=O) groups excluding carboxylic acids is 1. The number of nitrogens with zero attached hydrogens (tertiary/aromatic N) is 1. The number of pyridine rings is 1. The lowest BCUT2D eigenvalue weighted by Gasteiger charge is -2.14. The SMILES string of the molecule is CCOC(=O)c1cn(Cc2ccccc2F)c2ccc(Br)cc2c1=O. The fourth-order valence-corrected chi connectivity index (χ4v) is 3.03. The van der Waals surface area contributed by atoms with Gasteiger partial charge in [-0.05, 0) is 31.2 Å². The summed E-state index contributed by atoms with van der Waals surface area (Å²) in [5, 5.41) is 0.372. The molecule has 128 valence electrons. The summed E-state index contributed by atoms with van der Waals surface area (Å²) in [5.41, 5.74) is 0.609. The molecule has 1 heterocycles. The Morgan fingerprint density at radius 2 is 2.00 bits per heavy atom. The Morgan fingerprint density at radius 3 is 2.72 bits per heavy atom. The first-order valence-corrected chi connectivity index (χ1v) is 8.53. The van der Waals surface area contributed by atoms with E-state index in [1.807, 2.05) is 0 Å². The molecule has 0 saturated carbocycles. The van der Waals surface area contributed by atoms with E-state index in [1.54, 1.807) is 47.9 Å². The molecule has 0 fully saturated rings. The molecule has 4 nitrogen and oxygen atoms in total. The third-order valence-corrected chi connectivity index (χ3v) is 4.33. The van der Waals surface area contributed by atoms with Crippen molar-refractivity contribution in [1.82, 2.24) is 4.57 Å². The highest BCUT2D eigenvalue weighted by molar-refractivity contribution is 9.10. The van der Waals surface area contributed by atoms with Gasteiger partial charge in [0.05, 0.1) is 18.7 Å². The molecule has 0 radical (unpaired) electrons. The molecule has 0 spiro atoms. The van der Waals surface area contributed by atoms with Crippen molar-refractivity contribution in [2.75, 3.05) is 6.61 Å². The summed E-state index contributed by atoms with van der Waals surface area (Å²) in [6.07, 6.45) is 1.43. The first kappa shape index (κ1) is 17.4. The molecule has 1 aromatic heterocycles. The highest BCUT2D eigenvalue weighted by Crippen LogP contribution is 2.20. The number of rotatable bonds is 4. The summed E-state index contributed by atoms with van der Waals surface area (Å²) in [6.45, 7) is 2.03. The van der Waals surface area contributed by atoms with Gasteiger partial charge >= 0.3 is 5.97 Å². The standard InChI is InChI=1S/C19H15BrFNO3/c1-2-25-19(24)15-11-22(10-12-5-3-4-6-16(12)21)17-8-7-13(20)9-14(17)18(15)23/h3-9,11H,2,10H2,1H3. The molecule has 0 aliphatic heterocycles. The van der Waals surface area contributed by atoms with Crippen LogP contribution in [0.1, 0.15) is 22.8 Å². The molecular formula is C19H15BrFNO3. The van der Waals surface area contributed by atoms with Crippen LogP contribution in [0, 0.1) is 5.82 Å². The molecule has 0 saturated heterocycles. The van der Waals surface area contributed by atoms with E-state index in [0.29, 0.717) is 16.5 Å². The Morgan fingerprint density at radius 1 is 1.24 bits per heavy atom. The molecule has 0 N–H and O–H groups in total. The van der Waals surface area contributed by atoms with Gasteiger partial charge in [0, 0.05) is 21.6 Å². The number of aromatic nitrogens is 1. The van der Waals surface area contributed by atoms with Gasteiger partial charge in [0.25, 0.3) is 0 Å². The van der Waals surface area contributed by atoms with Crippen LogP contribution in [-0.2, 0) is 11.3 Å². The van der Waals surface area contributed by atoms with E-state index in [-0.39, 0.29) is 24.5 Å². The Labute approximate surface area is 152 Å². The van der Waals surface area contributed by atoms with E-state index < -0.39 is 11.4 Å². The number of carbonyl (C=O) groups is 1. The zero-order valence-electron chi connectivity index (χ0n) is 13.5. The lowest BCUT2D eigenvalue weighted by molar-refractivity contribution is 0.0524. The number of benzene rings is 2. The summed E-state index contributed by atoms with van der Waals surface area (Å²) in [4.78, 5) is 24.8. The number of fused-ring (bicyclic) bond motifs is 1. The summed E-state index contributed by atoms with van der Waals surface area (Å²) in [6, 6.07) is 11.6. The van der Waals surface area contributed by atoms with Crippen molar-refractivity contribution >= 4 is 32.8 Å². The van der Waals surface area contributed by atoms with E-state index in [9.17, 15) is 14.0 Å². The minimum absolute atomic E-state index is 0.0659. The second-order valence-corrected chi connectivity index (χ2v) is 6.39. The molecular weight excluding hydrogens is 389 g/mol. The summed E-state index contributed by atoms with van der Waals surface area (Å²) in [5.74, 6) is -1.03. The normalized spacial score (nSPS) is 10.8. The smallest absolute Gasteiger partial charge is 0.343 e. The maximum atomic E-state index is 14.0. The van der Waals surface area contributed by atoms with E-state index in [1.165, 1.54) is 12.3 Å². The zero-order valence-corrected chi connectivity index (χ0v) is 15.0. The summed E-state index contributed by atoms with van der Waals surface area (Å²) < 4.78 is 21.4. The first-order valence-electron chi connectivity index (χ1n) is 7.74. The average molecular weight is 404 g/mol. The van der Waals surface area contributed by atoms with Gasteiger partial charge in [-0.25, -0.2) is 9.18 Å². The molecule has 3 aromatic rings. The van der Waals surface area contributed by atoms with Gasteiger partial charge in [0.1, 0.15) is 11.4 Å². The van der Waals surface area contributed by atoms with Crippen molar-refractivity contribution < 1.29 is 13.9 Å². The Kier molecular flexibility index (Phi) is 4.99. The third-order valence-electron chi connectivity index (χ3n) is 3.84. The lowest BCUT2D eigenvalue weighted by Crippen LogP contribution is -2.21. The lowest BCUT2D eigenvalue weighted by atomic mass is 10.1. The van der Waals surface area contributed by atoms with Crippen LogP contribution in [0.4, 0.5) is 4.39 Å². The van der Waals surface area contributed by atoms with E-state index in [2.05, 4.69) is 15.9 Å². The van der Waals surface area contributed by atoms with Crippen molar-refractivity contribution in [1.29, 1.82) is 0 Å². The number of esters is 1. The minimum atomic E-state index is -0.684. The Bertz CT molecular complexity index is 1010. The van der Waals surface area contributed by atoms with Gasteiger partial charge in [-0.1, -0.05) is 34.1 Å². The van der Waals surface area contributed by atoms with Gasteiger partial charge in [-0.2, -0.15) is 0 Å². The third kappa shape index (κ3) is 3.49. The quantitative estimate of drug-likeness (QED) is 0.615. The van der Waals surface area contributed by atoms with Crippen LogP contribution in [0.15, 0.2) is 57.9 Å². The van der Waals surface area contributed by atoms with Crippen LogP contribution in [0.2, 0.25) is 0 Å². The fourth-order valence-electron chi connectivity index (χ4n) is 2.66. The van der Waals surface area contributed by atoms with Crippen molar-refractivity contribution in [3.8, 4) is 0 Å². The maximum absolute atomic E-state index is 14.0. The van der Waals surface area contributed by atoms with E-state index in [4.69, 9.17) is 4.74 Å². The summed E-state index contributed by atoms with van der Waals surface area (Å²) >= 11 is 3.34. The van der Waals surface area contributed by atoms with Crippen LogP contribution in [0.3, 0.4) is 0 Å². The van der Waals surface area contributed by atoms with Crippen molar-refractivity contribution in [2.45, 2.75) is 13.5 Å². The largest absolute Gasteiger partial charge is 0.462 e. The monoisotopic (exact) mass is 403 g/mol. The van der Waals surface area contributed by atoms with Crippen LogP contribution in [-0.4, -0.2) is 17.1 Å². The Hall–Kier alpha value is -2.47. The molecule has 6 heteroatoms. The predicted octanol–water partition coefficient (Wildman–Crippen LogP) is 4.13. The van der Waals surface area contributed by atoms with Gasteiger partial charge < -0.3 is 9.30 Å². The molecule has 0 bridgehead atoms. The average Bonchev–Trinajstić information content (AvgIpc) is 2.59. The predicted molar refractivity (Wildman–Crippen MR) is 97.4 cm³/mol. The molecule has 0 aliphatic carbocycles. The molecule has 2 aromatic carbocycles. The first-order chi connectivity index (χ1) is 12.0. The highest BCUT2D eigenvalue weighted by Gasteiger charge is 2.17. The molecule has 25 heavy (non-hydrogen) atoms. The molecule has 0 atom stereocenters. The summed E-state index contributed by atoms with van der Waals surface area (Å²) in [7, 11) is 0. The Balaban J connectivity index is 2.23. The molecule has 0 amide bonds. The molecule has 0 aliphatic rings. The number of ether oxygens (including phenoxy) is 1. The molecule has 3 rings (SSSR count). The minimum Gasteiger partial charge on any atom is -0.462 e. The van der Waals surface area contributed by atoms with Gasteiger partial charge in [-0.3, -0.25) is 4.79 Å². The van der Waals surface area contributed by atoms with Crippen LogP contribution < -0.4 is 5.43 Å². The zero-order chi connectivity index (χ0) is 18.0. The highest BCUT2D eigenvalue weighted by atomic mass is 79.9. The van der Waals surface area contributed by atoms with E-state index in [0.717, 1.165) is 4.47 Å². The van der Waals surface area contributed by atoms with Gasteiger partial charge in [0.2, 0.25) is 5.43 Å². The van der Waals surface area contributed by atoms with Crippen molar-refractivity contribution in [2.24, 2.45) is 0 Å². The van der Waals surface area contributed by atoms with E-state index >= 15 is 0 Å². The van der Waals surface area contributed by atoms with Gasteiger partial charge in [-0.15, -0.1) is 0 Å². The van der Waals surface area contributed by atoms with Crippen molar-refractivity contribution in [3.63, 3.8) is 0 Å². The van der Waals surface area contributed by atoms with Crippen LogP contribution >= 0.6 is 15.9 Å². The van der Waals surface area contributed by atoms with Gasteiger partial charge in [0.15, 0.2) is 0 Å². The fraction of sp³-hybridized carbons (Fsp3) is 0.158. The number of hydrogen-bond acceptors (Lipinski definition) is 3. The maximum Gasteiger partial charge on any atom is 0.343 e. The topological polar surface area (TPSA) is 48.3 Å². The molecule has 0 unspecified atom stereocenters. The van der Waals surface area contributed by atoms with Crippen LogP contribution in [0.25, 0.3) is 10.9 Å². The van der Waals surface area contributed by atoms with Crippen LogP contribution in [0.5, 0.6) is 0 Å².